The second-order valence-electron chi connectivity index (χ2n) is 7.17. The fourth-order valence-corrected chi connectivity index (χ4v) is 3.07. The van der Waals surface area contributed by atoms with E-state index in [9.17, 15) is 13.9 Å². The molecule has 0 amide bonds. The fraction of sp³-hybridized carbons (Fsp3) is 0.333. The summed E-state index contributed by atoms with van der Waals surface area (Å²) in [6.07, 6.45) is 4.12. The summed E-state index contributed by atoms with van der Waals surface area (Å²) in [5, 5.41) is 10.6. The molecular formula is C21H23F2N3O. The molecule has 0 bridgehead atoms. The van der Waals surface area contributed by atoms with Crippen molar-refractivity contribution in [3.8, 4) is 0 Å². The Labute approximate surface area is 157 Å². The van der Waals surface area contributed by atoms with Crippen LogP contribution in [0.15, 0.2) is 59.9 Å². The Balaban J connectivity index is 2.05. The van der Waals surface area contributed by atoms with Gasteiger partial charge in [-0.25, -0.2) is 8.78 Å². The van der Waals surface area contributed by atoms with E-state index in [1.807, 2.05) is 30.0 Å². The van der Waals surface area contributed by atoms with Crippen LogP contribution in [0, 0.1) is 0 Å². The number of nitrogens with zero attached hydrogens (tertiary/aromatic N) is 3. The lowest BCUT2D eigenvalue weighted by Crippen LogP contribution is -2.48. The summed E-state index contributed by atoms with van der Waals surface area (Å²) < 4.78 is 25.8. The van der Waals surface area contributed by atoms with Crippen molar-refractivity contribution in [2.24, 2.45) is 4.99 Å². The molecule has 1 aromatic heterocycles. The summed E-state index contributed by atoms with van der Waals surface area (Å²) in [6, 6.07) is 9.70. The van der Waals surface area contributed by atoms with Crippen LogP contribution in [0.5, 0.6) is 0 Å². The SMILES string of the molecule is C[C@H](N1C(c2ccc(C(F)F)cc2)=CC=NC1c1cccnc1)C(C)(C)O. The third-order valence-corrected chi connectivity index (χ3v) is 4.88. The van der Waals surface area contributed by atoms with Gasteiger partial charge in [0, 0.05) is 35.4 Å². The van der Waals surface area contributed by atoms with E-state index in [0.717, 1.165) is 16.8 Å². The molecule has 0 saturated heterocycles. The Morgan fingerprint density at radius 2 is 1.85 bits per heavy atom. The molecule has 1 N–H and O–H groups in total. The number of pyridine rings is 1. The van der Waals surface area contributed by atoms with Crippen molar-refractivity contribution in [1.29, 1.82) is 0 Å². The van der Waals surface area contributed by atoms with Gasteiger partial charge >= 0.3 is 0 Å². The van der Waals surface area contributed by atoms with Crippen LogP contribution in [0.4, 0.5) is 8.78 Å². The highest BCUT2D eigenvalue weighted by Crippen LogP contribution is 2.38. The second kappa shape index (κ2) is 7.56. The average molecular weight is 371 g/mol. The van der Waals surface area contributed by atoms with Gasteiger partial charge in [-0.1, -0.05) is 30.3 Å². The average Bonchev–Trinajstić information content (AvgIpc) is 2.67. The normalized spacial score (nSPS) is 18.6. The number of hydrogen-bond donors (Lipinski definition) is 1. The van der Waals surface area contributed by atoms with E-state index in [4.69, 9.17) is 0 Å². The Morgan fingerprint density at radius 1 is 1.15 bits per heavy atom. The maximum Gasteiger partial charge on any atom is 0.263 e. The van der Waals surface area contributed by atoms with E-state index >= 15 is 0 Å². The van der Waals surface area contributed by atoms with Gasteiger partial charge < -0.3 is 10.0 Å². The van der Waals surface area contributed by atoms with E-state index in [2.05, 4.69) is 9.98 Å². The summed E-state index contributed by atoms with van der Waals surface area (Å²) in [5.41, 5.74) is 1.47. The lowest BCUT2D eigenvalue weighted by atomic mass is 9.94. The van der Waals surface area contributed by atoms with E-state index in [-0.39, 0.29) is 17.8 Å². The van der Waals surface area contributed by atoms with Crippen LogP contribution < -0.4 is 0 Å². The minimum atomic E-state index is -2.50. The number of aliphatic imine (C=N–C) groups is 1. The van der Waals surface area contributed by atoms with Gasteiger partial charge in [0.15, 0.2) is 0 Å². The van der Waals surface area contributed by atoms with Crippen LogP contribution in [-0.4, -0.2) is 32.8 Å². The highest BCUT2D eigenvalue weighted by atomic mass is 19.3. The molecule has 6 heteroatoms. The molecule has 0 radical (unpaired) electrons. The third kappa shape index (κ3) is 4.06. The molecule has 0 aliphatic carbocycles. The van der Waals surface area contributed by atoms with Gasteiger partial charge in [-0.05, 0) is 38.5 Å². The zero-order valence-electron chi connectivity index (χ0n) is 15.6. The molecule has 1 aromatic carbocycles. The smallest absolute Gasteiger partial charge is 0.263 e. The van der Waals surface area contributed by atoms with Gasteiger partial charge in [-0.15, -0.1) is 0 Å². The van der Waals surface area contributed by atoms with Gasteiger partial charge in [-0.2, -0.15) is 0 Å². The lowest BCUT2D eigenvalue weighted by molar-refractivity contribution is -0.00331. The Bertz CT molecular complexity index is 827. The van der Waals surface area contributed by atoms with Crippen molar-refractivity contribution in [1.82, 2.24) is 9.88 Å². The van der Waals surface area contributed by atoms with Crippen LogP contribution in [0.3, 0.4) is 0 Å². The minimum Gasteiger partial charge on any atom is -0.388 e. The van der Waals surface area contributed by atoms with E-state index < -0.39 is 12.0 Å². The largest absolute Gasteiger partial charge is 0.388 e. The number of aliphatic hydroxyl groups is 1. The first-order valence-electron chi connectivity index (χ1n) is 8.81. The van der Waals surface area contributed by atoms with Gasteiger partial charge in [-0.3, -0.25) is 9.98 Å². The number of alkyl halides is 2. The monoisotopic (exact) mass is 371 g/mol. The van der Waals surface area contributed by atoms with E-state index in [0.29, 0.717) is 0 Å². The number of halogens is 2. The van der Waals surface area contributed by atoms with Crippen LogP contribution in [0.1, 0.15) is 50.1 Å². The lowest BCUT2D eigenvalue weighted by Gasteiger charge is -2.44. The molecule has 2 heterocycles. The Morgan fingerprint density at radius 3 is 2.41 bits per heavy atom. The van der Waals surface area contributed by atoms with Crippen LogP contribution >= 0.6 is 0 Å². The van der Waals surface area contributed by atoms with Gasteiger partial charge in [0.2, 0.25) is 0 Å². The first-order chi connectivity index (χ1) is 12.8. The number of rotatable bonds is 5. The molecule has 3 rings (SSSR count). The first-order valence-corrected chi connectivity index (χ1v) is 8.81. The summed E-state index contributed by atoms with van der Waals surface area (Å²) in [7, 11) is 0. The molecule has 2 aromatic rings. The molecule has 0 spiro atoms. The van der Waals surface area contributed by atoms with Crippen molar-refractivity contribution in [2.45, 2.75) is 45.0 Å². The van der Waals surface area contributed by atoms with E-state index in [1.165, 1.54) is 12.1 Å². The zero-order chi connectivity index (χ0) is 19.6. The van der Waals surface area contributed by atoms with Gasteiger partial charge in [0.1, 0.15) is 6.17 Å². The highest BCUT2D eigenvalue weighted by molar-refractivity contribution is 5.86. The molecule has 1 aliphatic heterocycles. The van der Waals surface area contributed by atoms with Crippen molar-refractivity contribution in [2.75, 3.05) is 0 Å². The summed E-state index contributed by atoms with van der Waals surface area (Å²) in [5.74, 6) is 0. The fourth-order valence-electron chi connectivity index (χ4n) is 3.07. The predicted octanol–water partition coefficient (Wildman–Crippen LogP) is 4.60. The second-order valence-corrected chi connectivity index (χ2v) is 7.17. The molecule has 2 atom stereocenters. The predicted molar refractivity (Wildman–Crippen MR) is 102 cm³/mol. The van der Waals surface area contributed by atoms with Crippen LogP contribution in [0.25, 0.3) is 5.70 Å². The Kier molecular flexibility index (Phi) is 5.37. The number of allylic oxidation sites excluding steroid dienone is 1. The summed E-state index contributed by atoms with van der Waals surface area (Å²) in [6.45, 7) is 5.41. The zero-order valence-corrected chi connectivity index (χ0v) is 15.6. The number of hydrogen-bond acceptors (Lipinski definition) is 4. The van der Waals surface area contributed by atoms with Gasteiger partial charge in [0.25, 0.3) is 6.43 Å². The van der Waals surface area contributed by atoms with Crippen molar-refractivity contribution in [3.05, 3.63) is 71.6 Å². The Hall–Kier alpha value is -2.60. The number of benzene rings is 1. The van der Waals surface area contributed by atoms with Crippen molar-refractivity contribution >= 4 is 11.9 Å². The standard InChI is InChI=1S/C21H23F2N3O/c1-14(21(2,3)27)26-18(15-6-8-16(9-7-15)19(22)23)10-12-25-20(26)17-5-4-11-24-13-17/h4-14,19-20,27H,1-3H3/t14-,20?/m0/s1. The third-order valence-electron chi connectivity index (χ3n) is 4.88. The summed E-state index contributed by atoms with van der Waals surface area (Å²) >= 11 is 0. The highest BCUT2D eigenvalue weighted by Gasteiger charge is 2.36. The molecule has 4 nitrogen and oxygen atoms in total. The van der Waals surface area contributed by atoms with E-state index in [1.54, 1.807) is 44.6 Å². The minimum absolute atomic E-state index is 0.0188. The van der Waals surface area contributed by atoms with Crippen molar-refractivity contribution < 1.29 is 13.9 Å². The molecule has 0 fully saturated rings. The molecular weight excluding hydrogens is 348 g/mol. The topological polar surface area (TPSA) is 48.7 Å². The maximum absolute atomic E-state index is 12.9. The van der Waals surface area contributed by atoms with Crippen LogP contribution in [0.2, 0.25) is 0 Å². The van der Waals surface area contributed by atoms with Gasteiger partial charge in [0.05, 0.1) is 11.6 Å². The summed E-state index contributed by atoms with van der Waals surface area (Å²) in [4.78, 5) is 10.8. The molecule has 27 heavy (non-hydrogen) atoms. The number of aromatic nitrogens is 1. The van der Waals surface area contributed by atoms with Crippen molar-refractivity contribution in [3.63, 3.8) is 0 Å². The molecule has 1 unspecified atom stereocenters. The molecule has 0 saturated carbocycles. The van der Waals surface area contributed by atoms with Crippen LogP contribution in [-0.2, 0) is 0 Å². The quantitative estimate of drug-likeness (QED) is 0.835. The first kappa shape index (κ1) is 19.2. The molecule has 1 aliphatic rings. The maximum atomic E-state index is 12.9. The molecule has 142 valence electrons.